The number of aliphatic hydroxyl groups excluding tert-OH is 1. The minimum atomic E-state index is 0.105. The van der Waals surface area contributed by atoms with Gasteiger partial charge in [0.15, 0.2) is 0 Å². The molecule has 2 rings (SSSR count). The van der Waals surface area contributed by atoms with Crippen LogP contribution in [0.4, 0.5) is 5.82 Å². The number of hydrogen-bond acceptors (Lipinski definition) is 5. The van der Waals surface area contributed by atoms with Crippen LogP contribution >= 0.6 is 11.8 Å². The maximum Gasteiger partial charge on any atom is 0.126 e. The molecular weight excluding hydrogens is 296 g/mol. The average molecular weight is 320 g/mol. The molecule has 2 aromatic heterocycles. The number of hydrogen-bond donors (Lipinski definition) is 2. The van der Waals surface area contributed by atoms with Crippen molar-refractivity contribution < 1.29 is 5.11 Å². The molecule has 2 N–H and O–H groups in total. The van der Waals surface area contributed by atoms with Crippen LogP contribution in [0.15, 0.2) is 18.3 Å². The molecule has 22 heavy (non-hydrogen) atoms. The Labute approximate surface area is 136 Å². The second kappa shape index (κ2) is 8.19. The van der Waals surface area contributed by atoms with Crippen molar-refractivity contribution in [2.75, 3.05) is 17.7 Å². The molecule has 0 atom stereocenters. The van der Waals surface area contributed by atoms with Crippen LogP contribution < -0.4 is 5.32 Å². The summed E-state index contributed by atoms with van der Waals surface area (Å²) in [5, 5.41) is 16.9. The largest absolute Gasteiger partial charge is 0.394 e. The van der Waals surface area contributed by atoms with Crippen molar-refractivity contribution in [1.29, 1.82) is 0 Å². The van der Waals surface area contributed by atoms with Crippen LogP contribution in [0, 0.1) is 13.8 Å². The number of aliphatic hydroxyl groups is 1. The van der Waals surface area contributed by atoms with Gasteiger partial charge >= 0.3 is 0 Å². The lowest BCUT2D eigenvalue weighted by atomic mass is 10.2. The molecule has 2 aromatic rings. The molecule has 0 aliphatic carbocycles. The maximum atomic E-state index is 9.07. The molecule has 0 saturated carbocycles. The summed E-state index contributed by atoms with van der Waals surface area (Å²) in [5.41, 5.74) is 4.55. The number of pyridine rings is 1. The first-order valence-corrected chi connectivity index (χ1v) is 8.71. The van der Waals surface area contributed by atoms with Gasteiger partial charge in [0.1, 0.15) is 5.82 Å². The smallest absolute Gasteiger partial charge is 0.126 e. The predicted octanol–water partition coefficient (Wildman–Crippen LogP) is 2.75. The van der Waals surface area contributed by atoms with Crippen molar-refractivity contribution in [2.24, 2.45) is 0 Å². The molecule has 0 aromatic carbocycles. The van der Waals surface area contributed by atoms with E-state index >= 15 is 0 Å². The van der Waals surface area contributed by atoms with Crippen molar-refractivity contribution in [3.63, 3.8) is 0 Å². The van der Waals surface area contributed by atoms with Crippen molar-refractivity contribution in [3.05, 3.63) is 40.8 Å². The van der Waals surface area contributed by atoms with Crippen LogP contribution in [0.25, 0.3) is 0 Å². The average Bonchev–Trinajstić information content (AvgIpc) is 2.78. The number of rotatable bonds is 8. The fourth-order valence-electron chi connectivity index (χ4n) is 2.36. The first-order chi connectivity index (χ1) is 10.7. The Morgan fingerprint density at radius 3 is 2.91 bits per heavy atom. The highest BCUT2D eigenvalue weighted by Crippen LogP contribution is 2.17. The lowest BCUT2D eigenvalue weighted by Crippen LogP contribution is -2.07. The Kier molecular flexibility index (Phi) is 6.27. The van der Waals surface area contributed by atoms with Gasteiger partial charge in [0.05, 0.1) is 18.8 Å². The molecule has 120 valence electrons. The monoisotopic (exact) mass is 320 g/mol. The van der Waals surface area contributed by atoms with E-state index in [1.165, 1.54) is 11.1 Å². The first kappa shape index (κ1) is 16.8. The Hall–Kier alpha value is -1.53. The topological polar surface area (TPSA) is 63.0 Å². The molecule has 5 nitrogen and oxygen atoms in total. The van der Waals surface area contributed by atoms with Crippen LogP contribution in [0.1, 0.15) is 29.4 Å². The zero-order valence-electron chi connectivity index (χ0n) is 13.5. The minimum Gasteiger partial charge on any atom is -0.394 e. The van der Waals surface area contributed by atoms with Gasteiger partial charge in [0.2, 0.25) is 0 Å². The summed E-state index contributed by atoms with van der Waals surface area (Å²) in [6, 6.07) is 4.16. The lowest BCUT2D eigenvalue weighted by Gasteiger charge is -2.08. The number of aryl methyl sites for hydroxylation is 1. The van der Waals surface area contributed by atoms with Gasteiger partial charge in [-0.05, 0) is 37.3 Å². The van der Waals surface area contributed by atoms with Crippen LogP contribution in [-0.4, -0.2) is 32.2 Å². The number of nitrogens with zero attached hydrogens (tertiary/aromatic N) is 3. The Balaban J connectivity index is 2.04. The van der Waals surface area contributed by atoms with Crippen molar-refractivity contribution in [3.8, 4) is 0 Å². The summed E-state index contributed by atoms with van der Waals surface area (Å²) in [6.45, 7) is 7.54. The van der Waals surface area contributed by atoms with Crippen LogP contribution in [0.5, 0.6) is 0 Å². The van der Waals surface area contributed by atoms with Gasteiger partial charge < -0.3 is 10.4 Å². The van der Waals surface area contributed by atoms with Crippen LogP contribution in [0.3, 0.4) is 0 Å². The summed E-state index contributed by atoms with van der Waals surface area (Å²) < 4.78 is 1.86. The first-order valence-electron chi connectivity index (χ1n) is 7.56. The number of anilines is 1. The van der Waals surface area contributed by atoms with E-state index in [1.807, 2.05) is 36.5 Å². The van der Waals surface area contributed by atoms with Gasteiger partial charge in [-0.2, -0.15) is 16.9 Å². The van der Waals surface area contributed by atoms with E-state index in [1.54, 1.807) is 0 Å². The maximum absolute atomic E-state index is 9.07. The van der Waals surface area contributed by atoms with Crippen LogP contribution in [0.2, 0.25) is 0 Å². The van der Waals surface area contributed by atoms with Gasteiger partial charge in [0.25, 0.3) is 0 Å². The van der Waals surface area contributed by atoms with E-state index in [-0.39, 0.29) is 6.61 Å². The second-order valence-corrected chi connectivity index (χ2v) is 6.41. The minimum absolute atomic E-state index is 0.105. The van der Waals surface area contributed by atoms with Crippen molar-refractivity contribution in [1.82, 2.24) is 14.8 Å². The molecule has 0 spiro atoms. The Morgan fingerprint density at radius 1 is 1.36 bits per heavy atom. The van der Waals surface area contributed by atoms with E-state index in [0.717, 1.165) is 28.7 Å². The third-order valence-electron chi connectivity index (χ3n) is 3.59. The molecule has 0 aliphatic rings. The zero-order chi connectivity index (χ0) is 15.9. The third kappa shape index (κ3) is 4.24. The lowest BCUT2D eigenvalue weighted by molar-refractivity contribution is 0.268. The van der Waals surface area contributed by atoms with Gasteiger partial charge in [-0.25, -0.2) is 4.98 Å². The van der Waals surface area contributed by atoms with Gasteiger partial charge in [-0.15, -0.1) is 0 Å². The number of nitrogens with one attached hydrogen (secondary N) is 1. The van der Waals surface area contributed by atoms with Gasteiger partial charge in [0, 0.05) is 29.8 Å². The molecule has 0 radical (unpaired) electrons. The molecular formula is C16H24N4OS. The fraction of sp³-hybridized carbons (Fsp3) is 0.500. The highest BCUT2D eigenvalue weighted by atomic mass is 32.2. The third-order valence-corrected chi connectivity index (χ3v) is 4.53. The summed E-state index contributed by atoms with van der Waals surface area (Å²) in [5.74, 6) is 3.02. The molecule has 0 fully saturated rings. The summed E-state index contributed by atoms with van der Waals surface area (Å²) >= 11 is 1.91. The molecule has 0 unspecified atom stereocenters. The second-order valence-electron chi connectivity index (χ2n) is 5.14. The molecule has 0 saturated heterocycles. The quantitative estimate of drug-likeness (QED) is 0.783. The molecule has 0 amide bonds. The highest BCUT2D eigenvalue weighted by Gasteiger charge is 2.11. The van der Waals surface area contributed by atoms with E-state index in [4.69, 9.17) is 5.11 Å². The number of thioether (sulfide) groups is 1. The zero-order valence-corrected chi connectivity index (χ0v) is 14.3. The summed E-state index contributed by atoms with van der Waals surface area (Å²) in [6.07, 6.45) is 1.85. The van der Waals surface area contributed by atoms with E-state index in [2.05, 4.69) is 34.5 Å². The van der Waals surface area contributed by atoms with Crippen molar-refractivity contribution in [2.45, 2.75) is 39.6 Å². The van der Waals surface area contributed by atoms with E-state index < -0.39 is 0 Å². The van der Waals surface area contributed by atoms with Gasteiger partial charge in [-0.1, -0.05) is 6.92 Å². The SMILES string of the molecule is CCSCc1ccnc(NCc2c(C)nn(CCO)c2C)c1. The Bertz CT molecular complexity index is 612. The summed E-state index contributed by atoms with van der Waals surface area (Å²) in [4.78, 5) is 4.38. The van der Waals surface area contributed by atoms with E-state index in [9.17, 15) is 0 Å². The normalized spacial score (nSPS) is 10.9. The Morgan fingerprint density at radius 2 is 2.18 bits per heavy atom. The molecule has 2 heterocycles. The number of aromatic nitrogens is 3. The van der Waals surface area contributed by atoms with Crippen molar-refractivity contribution >= 4 is 17.6 Å². The van der Waals surface area contributed by atoms with Gasteiger partial charge in [-0.3, -0.25) is 4.68 Å². The predicted molar refractivity (Wildman–Crippen MR) is 92.2 cm³/mol. The summed E-state index contributed by atoms with van der Waals surface area (Å²) in [7, 11) is 0. The van der Waals surface area contributed by atoms with E-state index in [0.29, 0.717) is 13.1 Å². The molecule has 0 aliphatic heterocycles. The van der Waals surface area contributed by atoms with Crippen LogP contribution in [-0.2, 0) is 18.8 Å². The highest BCUT2D eigenvalue weighted by molar-refractivity contribution is 7.98. The fourth-order valence-corrected chi connectivity index (χ4v) is 2.98. The standard InChI is InChI=1S/C16H24N4OS/c1-4-22-11-14-5-6-17-16(9-14)18-10-15-12(2)19-20(7-8-21)13(15)3/h5-6,9,21H,4,7-8,10-11H2,1-3H3,(H,17,18). The molecule has 6 heteroatoms. The molecule has 0 bridgehead atoms.